The molecule has 0 fully saturated rings. The monoisotopic (exact) mass is 257 g/mol. The quantitative estimate of drug-likeness (QED) is 0.806. The summed E-state index contributed by atoms with van der Waals surface area (Å²) in [5.74, 6) is 0. The van der Waals surface area contributed by atoms with Crippen LogP contribution in [0, 0.1) is 13.8 Å². The molecule has 1 heterocycles. The lowest BCUT2D eigenvalue weighted by Crippen LogP contribution is -2.09. The van der Waals surface area contributed by atoms with E-state index in [4.69, 9.17) is 0 Å². The van der Waals surface area contributed by atoms with E-state index in [9.17, 15) is 0 Å². The van der Waals surface area contributed by atoms with Crippen molar-refractivity contribution in [3.05, 3.63) is 52.8 Å². The van der Waals surface area contributed by atoms with Gasteiger partial charge in [0.2, 0.25) is 0 Å². The van der Waals surface area contributed by atoms with Crippen LogP contribution in [0.5, 0.6) is 0 Å². The van der Waals surface area contributed by atoms with Crippen molar-refractivity contribution >= 4 is 0 Å². The summed E-state index contributed by atoms with van der Waals surface area (Å²) in [5, 5.41) is 7.88. The second kappa shape index (κ2) is 6.53. The standard InChI is InChI=1S/C16H23N3/c1-13-16(10-7-11-17-3)14(2)19(18-13)12-15-8-5-4-6-9-15/h4-6,8-9,17H,7,10-12H2,1-3H3. The van der Waals surface area contributed by atoms with Gasteiger partial charge in [-0.2, -0.15) is 5.10 Å². The summed E-state index contributed by atoms with van der Waals surface area (Å²) >= 11 is 0. The predicted octanol–water partition coefficient (Wildman–Crippen LogP) is 2.70. The SMILES string of the molecule is CNCCCc1c(C)nn(Cc2ccccc2)c1C. The van der Waals surface area contributed by atoms with Crippen molar-refractivity contribution in [2.75, 3.05) is 13.6 Å². The molecule has 19 heavy (non-hydrogen) atoms. The third-order valence-electron chi connectivity index (χ3n) is 3.56. The van der Waals surface area contributed by atoms with Gasteiger partial charge in [0.1, 0.15) is 0 Å². The van der Waals surface area contributed by atoms with Crippen LogP contribution in [0.2, 0.25) is 0 Å². The van der Waals surface area contributed by atoms with Gasteiger partial charge in [0.05, 0.1) is 12.2 Å². The normalized spacial score (nSPS) is 10.9. The fourth-order valence-electron chi connectivity index (χ4n) is 2.45. The van der Waals surface area contributed by atoms with Crippen molar-refractivity contribution in [3.8, 4) is 0 Å². The number of benzene rings is 1. The highest BCUT2D eigenvalue weighted by atomic mass is 15.3. The fraction of sp³-hybridized carbons (Fsp3) is 0.438. The minimum atomic E-state index is 0.861. The molecule has 0 amide bonds. The zero-order valence-corrected chi connectivity index (χ0v) is 12.1. The Bertz CT molecular complexity index is 514. The molecular formula is C16H23N3. The fourth-order valence-corrected chi connectivity index (χ4v) is 2.45. The first-order valence-electron chi connectivity index (χ1n) is 6.93. The highest BCUT2D eigenvalue weighted by Crippen LogP contribution is 2.16. The maximum Gasteiger partial charge on any atom is 0.0662 e. The summed E-state index contributed by atoms with van der Waals surface area (Å²) in [7, 11) is 2.00. The van der Waals surface area contributed by atoms with E-state index in [1.807, 2.05) is 13.1 Å². The van der Waals surface area contributed by atoms with Gasteiger partial charge in [0.15, 0.2) is 0 Å². The summed E-state index contributed by atoms with van der Waals surface area (Å²) in [5.41, 5.74) is 5.18. The molecule has 3 heteroatoms. The Morgan fingerprint density at radius 1 is 1.16 bits per heavy atom. The maximum atomic E-state index is 4.68. The summed E-state index contributed by atoms with van der Waals surface area (Å²) in [6.45, 7) is 6.21. The molecule has 0 aliphatic heterocycles. The summed E-state index contributed by atoms with van der Waals surface area (Å²) in [6, 6.07) is 10.5. The van der Waals surface area contributed by atoms with Crippen LogP contribution >= 0.6 is 0 Å². The van der Waals surface area contributed by atoms with Gasteiger partial charge in [-0.15, -0.1) is 0 Å². The van der Waals surface area contributed by atoms with Gasteiger partial charge < -0.3 is 5.32 Å². The van der Waals surface area contributed by atoms with E-state index < -0.39 is 0 Å². The third-order valence-corrected chi connectivity index (χ3v) is 3.56. The van der Waals surface area contributed by atoms with E-state index in [2.05, 4.69) is 53.2 Å². The Labute approximate surface area is 115 Å². The van der Waals surface area contributed by atoms with Crippen LogP contribution in [-0.2, 0) is 13.0 Å². The number of aryl methyl sites for hydroxylation is 1. The lowest BCUT2D eigenvalue weighted by molar-refractivity contribution is 0.656. The largest absolute Gasteiger partial charge is 0.320 e. The molecule has 0 bridgehead atoms. The summed E-state index contributed by atoms with van der Waals surface area (Å²) in [6.07, 6.45) is 2.27. The van der Waals surface area contributed by atoms with Gasteiger partial charge in [-0.25, -0.2) is 0 Å². The highest BCUT2D eigenvalue weighted by molar-refractivity contribution is 5.26. The zero-order chi connectivity index (χ0) is 13.7. The first-order chi connectivity index (χ1) is 9.22. The minimum absolute atomic E-state index is 0.861. The summed E-state index contributed by atoms with van der Waals surface area (Å²) < 4.78 is 2.12. The van der Waals surface area contributed by atoms with Crippen molar-refractivity contribution < 1.29 is 0 Å². The number of rotatable bonds is 6. The van der Waals surface area contributed by atoms with E-state index in [0.717, 1.165) is 25.9 Å². The molecule has 0 saturated heterocycles. The van der Waals surface area contributed by atoms with Crippen LogP contribution in [0.3, 0.4) is 0 Å². The van der Waals surface area contributed by atoms with E-state index in [1.54, 1.807) is 0 Å². The molecule has 1 aromatic heterocycles. The molecule has 1 aromatic carbocycles. The Kier molecular flexibility index (Phi) is 4.74. The Morgan fingerprint density at radius 2 is 1.89 bits per heavy atom. The molecular weight excluding hydrogens is 234 g/mol. The molecule has 1 N–H and O–H groups in total. The number of hydrogen-bond acceptors (Lipinski definition) is 2. The van der Waals surface area contributed by atoms with Crippen LogP contribution in [0.15, 0.2) is 30.3 Å². The van der Waals surface area contributed by atoms with Gasteiger partial charge in [-0.3, -0.25) is 4.68 Å². The molecule has 2 aromatic rings. The van der Waals surface area contributed by atoms with Crippen molar-refractivity contribution in [2.45, 2.75) is 33.2 Å². The van der Waals surface area contributed by atoms with Crippen molar-refractivity contribution in [3.63, 3.8) is 0 Å². The van der Waals surface area contributed by atoms with Crippen LogP contribution in [0.4, 0.5) is 0 Å². The predicted molar refractivity (Wildman–Crippen MR) is 79.5 cm³/mol. The Morgan fingerprint density at radius 3 is 2.58 bits per heavy atom. The van der Waals surface area contributed by atoms with Gasteiger partial charge >= 0.3 is 0 Å². The highest BCUT2D eigenvalue weighted by Gasteiger charge is 2.11. The van der Waals surface area contributed by atoms with Crippen molar-refractivity contribution in [1.29, 1.82) is 0 Å². The van der Waals surface area contributed by atoms with Crippen LogP contribution < -0.4 is 5.32 Å². The molecule has 0 saturated carbocycles. The first-order valence-corrected chi connectivity index (χ1v) is 6.93. The van der Waals surface area contributed by atoms with Gasteiger partial charge in [0, 0.05) is 5.69 Å². The number of nitrogens with one attached hydrogen (secondary N) is 1. The average Bonchev–Trinajstić information content (AvgIpc) is 2.68. The molecule has 102 valence electrons. The number of hydrogen-bond donors (Lipinski definition) is 1. The third kappa shape index (κ3) is 3.44. The molecule has 2 rings (SSSR count). The second-order valence-corrected chi connectivity index (χ2v) is 5.00. The topological polar surface area (TPSA) is 29.9 Å². The van der Waals surface area contributed by atoms with Crippen LogP contribution in [0.25, 0.3) is 0 Å². The zero-order valence-electron chi connectivity index (χ0n) is 12.1. The minimum Gasteiger partial charge on any atom is -0.320 e. The van der Waals surface area contributed by atoms with Crippen LogP contribution in [0.1, 0.15) is 28.9 Å². The Hall–Kier alpha value is -1.61. The molecule has 0 spiro atoms. The molecule has 0 atom stereocenters. The van der Waals surface area contributed by atoms with Crippen molar-refractivity contribution in [2.24, 2.45) is 0 Å². The number of aromatic nitrogens is 2. The van der Waals surface area contributed by atoms with E-state index in [0.29, 0.717) is 0 Å². The summed E-state index contributed by atoms with van der Waals surface area (Å²) in [4.78, 5) is 0. The molecule has 3 nitrogen and oxygen atoms in total. The van der Waals surface area contributed by atoms with Gasteiger partial charge in [-0.1, -0.05) is 30.3 Å². The molecule has 0 unspecified atom stereocenters. The Balaban J connectivity index is 2.12. The van der Waals surface area contributed by atoms with Gasteiger partial charge in [-0.05, 0) is 51.4 Å². The van der Waals surface area contributed by atoms with E-state index >= 15 is 0 Å². The molecule has 0 aliphatic rings. The van der Waals surface area contributed by atoms with E-state index in [-0.39, 0.29) is 0 Å². The lowest BCUT2D eigenvalue weighted by atomic mass is 10.1. The lowest BCUT2D eigenvalue weighted by Gasteiger charge is -2.06. The first kappa shape index (κ1) is 13.8. The number of nitrogens with zero attached hydrogens (tertiary/aromatic N) is 2. The van der Waals surface area contributed by atoms with Crippen LogP contribution in [-0.4, -0.2) is 23.4 Å². The second-order valence-electron chi connectivity index (χ2n) is 5.00. The van der Waals surface area contributed by atoms with Crippen molar-refractivity contribution in [1.82, 2.24) is 15.1 Å². The van der Waals surface area contributed by atoms with Gasteiger partial charge in [0.25, 0.3) is 0 Å². The average molecular weight is 257 g/mol. The smallest absolute Gasteiger partial charge is 0.0662 e. The molecule has 0 aliphatic carbocycles. The maximum absolute atomic E-state index is 4.68. The van der Waals surface area contributed by atoms with E-state index in [1.165, 1.54) is 22.5 Å². The molecule has 0 radical (unpaired) electrons.